The third-order valence-electron chi connectivity index (χ3n) is 5.82. The van der Waals surface area contributed by atoms with Crippen LogP contribution in [0.25, 0.3) is 0 Å². The predicted octanol–water partition coefficient (Wildman–Crippen LogP) is 4.30. The summed E-state index contributed by atoms with van der Waals surface area (Å²) in [6.07, 6.45) is 6.17. The molecule has 0 spiro atoms. The van der Waals surface area contributed by atoms with E-state index in [1.54, 1.807) is 12.1 Å². The van der Waals surface area contributed by atoms with E-state index in [4.69, 9.17) is 0 Å². The monoisotopic (exact) mass is 428 g/mol. The Morgan fingerprint density at radius 1 is 1.10 bits per heavy atom. The minimum absolute atomic E-state index is 0.197. The van der Waals surface area contributed by atoms with Gasteiger partial charge in [0.25, 0.3) is 0 Å². The van der Waals surface area contributed by atoms with Crippen molar-refractivity contribution < 1.29 is 13.2 Å². The zero-order chi connectivity index (χ0) is 21.9. The minimum atomic E-state index is -3.63. The second-order valence-corrected chi connectivity index (χ2v) is 10.1. The summed E-state index contributed by atoms with van der Waals surface area (Å²) in [5.41, 5.74) is 5.28. The van der Waals surface area contributed by atoms with E-state index in [1.807, 2.05) is 32.9 Å². The highest BCUT2D eigenvalue weighted by Gasteiger charge is 2.32. The standard InChI is InChI=1S/C24H32N2O3S/c1-5-23(26(30(4,28)29)22-12-8-9-17(2)15-22)24(27)25-18(3)20-14-13-19-10-6-7-11-21(19)16-20/h8-9,12-16,18,23H,5-7,10-11H2,1-4H3,(H,25,27)/t18-,23-/m1/s1. The van der Waals surface area contributed by atoms with Crippen LogP contribution in [0.4, 0.5) is 5.69 Å². The molecule has 3 rings (SSSR count). The molecule has 1 aliphatic carbocycles. The normalized spacial score (nSPS) is 15.7. The van der Waals surface area contributed by atoms with E-state index in [0.717, 1.165) is 30.2 Å². The maximum Gasteiger partial charge on any atom is 0.244 e. The van der Waals surface area contributed by atoms with Gasteiger partial charge in [-0.2, -0.15) is 0 Å². The first-order valence-electron chi connectivity index (χ1n) is 10.7. The molecular formula is C24H32N2O3S. The molecule has 0 aliphatic heterocycles. The number of sulfonamides is 1. The summed E-state index contributed by atoms with van der Waals surface area (Å²) in [5, 5.41) is 3.05. The predicted molar refractivity (Wildman–Crippen MR) is 122 cm³/mol. The molecule has 162 valence electrons. The molecule has 0 radical (unpaired) electrons. The number of hydrogen-bond donors (Lipinski definition) is 1. The lowest BCUT2D eigenvalue weighted by Crippen LogP contribution is -2.49. The first-order chi connectivity index (χ1) is 14.2. The van der Waals surface area contributed by atoms with Crippen LogP contribution in [0.2, 0.25) is 0 Å². The Morgan fingerprint density at radius 3 is 2.43 bits per heavy atom. The average Bonchev–Trinajstić information content (AvgIpc) is 2.70. The topological polar surface area (TPSA) is 66.5 Å². The van der Waals surface area contributed by atoms with Gasteiger partial charge in [0.2, 0.25) is 15.9 Å². The zero-order valence-corrected chi connectivity index (χ0v) is 19.1. The Hall–Kier alpha value is -2.34. The van der Waals surface area contributed by atoms with Gasteiger partial charge in [-0.1, -0.05) is 37.3 Å². The summed E-state index contributed by atoms with van der Waals surface area (Å²) in [5.74, 6) is -0.283. The number of benzene rings is 2. The third-order valence-corrected chi connectivity index (χ3v) is 7.00. The summed E-state index contributed by atoms with van der Waals surface area (Å²) in [4.78, 5) is 13.2. The van der Waals surface area contributed by atoms with Crippen LogP contribution in [0.15, 0.2) is 42.5 Å². The zero-order valence-electron chi connectivity index (χ0n) is 18.3. The van der Waals surface area contributed by atoms with Crippen LogP contribution >= 0.6 is 0 Å². The Kier molecular flexibility index (Phi) is 6.86. The number of rotatable bonds is 7. The number of anilines is 1. The molecule has 0 bridgehead atoms. The number of hydrogen-bond acceptors (Lipinski definition) is 3. The second-order valence-electron chi connectivity index (χ2n) is 8.29. The van der Waals surface area contributed by atoms with Crippen LogP contribution in [0.3, 0.4) is 0 Å². The Labute approximate surface area is 180 Å². The van der Waals surface area contributed by atoms with Crippen LogP contribution in [-0.2, 0) is 27.7 Å². The quantitative estimate of drug-likeness (QED) is 0.715. The summed E-state index contributed by atoms with van der Waals surface area (Å²) >= 11 is 0. The van der Waals surface area contributed by atoms with Gasteiger partial charge in [0.05, 0.1) is 18.0 Å². The van der Waals surface area contributed by atoms with Crippen molar-refractivity contribution in [1.82, 2.24) is 5.32 Å². The van der Waals surface area contributed by atoms with Gasteiger partial charge in [-0.25, -0.2) is 8.42 Å². The lowest BCUT2D eigenvalue weighted by Gasteiger charge is -2.31. The Balaban J connectivity index is 1.83. The molecule has 0 saturated carbocycles. The smallest absolute Gasteiger partial charge is 0.244 e. The van der Waals surface area contributed by atoms with Crippen molar-refractivity contribution in [2.45, 2.75) is 65.0 Å². The molecule has 2 aromatic carbocycles. The maximum atomic E-state index is 13.2. The van der Waals surface area contributed by atoms with Crippen molar-refractivity contribution in [3.05, 3.63) is 64.7 Å². The van der Waals surface area contributed by atoms with Crippen molar-refractivity contribution in [1.29, 1.82) is 0 Å². The van der Waals surface area contributed by atoms with E-state index in [1.165, 1.54) is 28.3 Å². The van der Waals surface area contributed by atoms with Gasteiger partial charge in [0, 0.05) is 0 Å². The summed E-state index contributed by atoms with van der Waals surface area (Å²) < 4.78 is 26.5. The Bertz CT molecular complexity index is 1020. The molecule has 0 fully saturated rings. The highest BCUT2D eigenvalue weighted by Crippen LogP contribution is 2.26. The van der Waals surface area contributed by atoms with Crippen LogP contribution in [0, 0.1) is 6.92 Å². The van der Waals surface area contributed by atoms with Crippen LogP contribution < -0.4 is 9.62 Å². The van der Waals surface area contributed by atoms with Crippen LogP contribution in [0.5, 0.6) is 0 Å². The lowest BCUT2D eigenvalue weighted by atomic mass is 9.89. The first-order valence-corrected chi connectivity index (χ1v) is 12.5. The number of nitrogens with zero attached hydrogens (tertiary/aromatic N) is 1. The van der Waals surface area contributed by atoms with Gasteiger partial charge in [-0.05, 0) is 80.3 Å². The number of carbonyl (C=O) groups is 1. The van der Waals surface area contributed by atoms with E-state index in [2.05, 4.69) is 23.5 Å². The second kappa shape index (κ2) is 9.21. The number of nitrogens with one attached hydrogen (secondary N) is 1. The van der Waals surface area contributed by atoms with Crippen molar-refractivity contribution in [3.63, 3.8) is 0 Å². The van der Waals surface area contributed by atoms with E-state index in [-0.39, 0.29) is 11.9 Å². The average molecular weight is 429 g/mol. The largest absolute Gasteiger partial charge is 0.348 e. The molecule has 1 amide bonds. The minimum Gasteiger partial charge on any atom is -0.348 e. The molecule has 2 atom stereocenters. The van der Waals surface area contributed by atoms with E-state index in [9.17, 15) is 13.2 Å². The highest BCUT2D eigenvalue weighted by molar-refractivity contribution is 7.92. The van der Waals surface area contributed by atoms with Gasteiger partial charge < -0.3 is 5.32 Å². The molecule has 1 aliphatic rings. The highest BCUT2D eigenvalue weighted by atomic mass is 32.2. The molecule has 5 nitrogen and oxygen atoms in total. The maximum absolute atomic E-state index is 13.2. The summed E-state index contributed by atoms with van der Waals surface area (Å²) in [7, 11) is -3.63. The lowest BCUT2D eigenvalue weighted by molar-refractivity contribution is -0.122. The molecule has 1 N–H and O–H groups in total. The fraction of sp³-hybridized carbons (Fsp3) is 0.458. The number of carbonyl (C=O) groups excluding carboxylic acids is 1. The van der Waals surface area contributed by atoms with Crippen LogP contribution in [0.1, 0.15) is 61.4 Å². The van der Waals surface area contributed by atoms with E-state index in [0.29, 0.717) is 12.1 Å². The van der Waals surface area contributed by atoms with Gasteiger partial charge >= 0.3 is 0 Å². The molecule has 2 aromatic rings. The van der Waals surface area contributed by atoms with Crippen LogP contribution in [-0.4, -0.2) is 26.6 Å². The fourth-order valence-corrected chi connectivity index (χ4v) is 5.44. The van der Waals surface area contributed by atoms with E-state index >= 15 is 0 Å². The van der Waals surface area contributed by atoms with Crippen molar-refractivity contribution in [2.75, 3.05) is 10.6 Å². The molecule has 0 aromatic heterocycles. The van der Waals surface area contributed by atoms with Gasteiger partial charge in [0.15, 0.2) is 0 Å². The SMILES string of the molecule is CC[C@H](C(=O)N[C@H](C)c1ccc2c(c1)CCCC2)N(c1cccc(C)c1)S(C)(=O)=O. The van der Waals surface area contributed by atoms with Gasteiger partial charge in [-0.3, -0.25) is 9.10 Å². The van der Waals surface area contributed by atoms with Crippen molar-refractivity contribution >= 4 is 21.6 Å². The molecule has 0 heterocycles. The first kappa shape index (κ1) is 22.3. The molecule has 6 heteroatoms. The fourth-order valence-electron chi connectivity index (χ4n) is 4.24. The molecular weight excluding hydrogens is 396 g/mol. The molecule has 30 heavy (non-hydrogen) atoms. The van der Waals surface area contributed by atoms with E-state index < -0.39 is 16.1 Å². The van der Waals surface area contributed by atoms with Crippen molar-refractivity contribution in [3.8, 4) is 0 Å². The summed E-state index contributed by atoms with van der Waals surface area (Å²) in [6.45, 7) is 5.69. The van der Waals surface area contributed by atoms with Gasteiger partial charge in [0.1, 0.15) is 6.04 Å². The van der Waals surface area contributed by atoms with Gasteiger partial charge in [-0.15, -0.1) is 0 Å². The third kappa shape index (κ3) is 5.04. The molecule has 0 unspecified atom stereocenters. The summed E-state index contributed by atoms with van der Waals surface area (Å²) in [6, 6.07) is 12.7. The number of aryl methyl sites for hydroxylation is 3. The number of fused-ring (bicyclic) bond motifs is 1. The molecule has 0 saturated heterocycles. The number of amides is 1. The Morgan fingerprint density at radius 2 is 1.80 bits per heavy atom. The van der Waals surface area contributed by atoms with Crippen molar-refractivity contribution in [2.24, 2.45) is 0 Å².